The van der Waals surface area contributed by atoms with Crippen LogP contribution in [0.5, 0.6) is 5.75 Å². The molecule has 0 radical (unpaired) electrons. The lowest BCUT2D eigenvalue weighted by Crippen LogP contribution is -2.30. The summed E-state index contributed by atoms with van der Waals surface area (Å²) in [4.78, 5) is 28.4. The number of alkyl halides is 6. The van der Waals surface area contributed by atoms with Gasteiger partial charge in [-0.25, -0.2) is 4.98 Å². The number of imidazole rings is 1. The topological polar surface area (TPSA) is 72.7 Å². The minimum atomic E-state index is -5.22. The second kappa shape index (κ2) is 8.78. The first kappa shape index (κ1) is 23.8. The molecule has 0 aliphatic carbocycles. The molecule has 0 saturated carbocycles. The van der Waals surface area contributed by atoms with Crippen molar-refractivity contribution in [2.24, 2.45) is 0 Å². The van der Waals surface area contributed by atoms with Crippen molar-refractivity contribution >= 4 is 23.2 Å². The Labute approximate surface area is 192 Å². The Balaban J connectivity index is 1.83. The second-order valence-electron chi connectivity index (χ2n) is 7.17. The maximum atomic E-state index is 12.9. The van der Waals surface area contributed by atoms with E-state index in [1.54, 1.807) is 35.6 Å². The number of hydrogen-bond acceptors (Lipinski definition) is 4. The Hall–Kier alpha value is -4.35. The Bertz CT molecular complexity index is 1390. The van der Waals surface area contributed by atoms with Crippen LogP contribution in [0.25, 0.3) is 16.9 Å². The number of benzene rings is 2. The number of fused-ring (bicyclic) bond motifs is 1. The van der Waals surface area contributed by atoms with Crippen LogP contribution in [0.15, 0.2) is 72.9 Å². The third-order valence-electron chi connectivity index (χ3n) is 4.77. The van der Waals surface area contributed by atoms with E-state index < -0.39 is 30.0 Å². The van der Waals surface area contributed by atoms with Gasteiger partial charge in [-0.1, -0.05) is 30.3 Å². The largest absolute Gasteiger partial charge is 0.573 e. The summed E-state index contributed by atoms with van der Waals surface area (Å²) in [5, 5.41) is 1.68. The van der Waals surface area contributed by atoms with Crippen molar-refractivity contribution in [2.45, 2.75) is 12.5 Å². The van der Waals surface area contributed by atoms with E-state index in [0.717, 1.165) is 24.3 Å². The van der Waals surface area contributed by atoms with Crippen molar-refractivity contribution in [1.29, 1.82) is 0 Å². The molecular weight excluding hydrogens is 480 g/mol. The predicted molar refractivity (Wildman–Crippen MR) is 112 cm³/mol. The molecule has 0 aliphatic heterocycles. The van der Waals surface area contributed by atoms with E-state index in [0.29, 0.717) is 5.56 Å². The quantitative estimate of drug-likeness (QED) is 0.289. The van der Waals surface area contributed by atoms with E-state index in [1.807, 2.05) is 0 Å². The van der Waals surface area contributed by atoms with Gasteiger partial charge in [0.05, 0.1) is 5.69 Å². The number of carbonyl (C=O) groups is 2. The van der Waals surface area contributed by atoms with Gasteiger partial charge in [0.15, 0.2) is 11.6 Å². The molecule has 0 spiro atoms. The predicted octanol–water partition coefficient (Wildman–Crippen LogP) is 5.63. The monoisotopic (exact) mass is 493 g/mol. The van der Waals surface area contributed by atoms with Gasteiger partial charge in [0.25, 0.3) is 0 Å². The van der Waals surface area contributed by atoms with Gasteiger partial charge in [0, 0.05) is 22.9 Å². The van der Waals surface area contributed by atoms with Crippen LogP contribution < -0.4 is 10.1 Å². The van der Waals surface area contributed by atoms with Crippen LogP contribution in [0.1, 0.15) is 15.9 Å². The molecule has 1 N–H and O–H groups in total. The molecule has 0 fully saturated rings. The maximum absolute atomic E-state index is 12.9. The van der Waals surface area contributed by atoms with Gasteiger partial charge in [-0.3, -0.25) is 14.0 Å². The number of hydrogen-bond donors (Lipinski definition) is 1. The van der Waals surface area contributed by atoms with Gasteiger partial charge in [0.2, 0.25) is 0 Å². The molecular formula is C23H13F6N3O3. The fourth-order valence-electron chi connectivity index (χ4n) is 3.29. The van der Waals surface area contributed by atoms with Gasteiger partial charge >= 0.3 is 18.4 Å². The molecule has 0 bridgehead atoms. The maximum Gasteiger partial charge on any atom is 0.573 e. The molecule has 4 aromatic rings. The number of nitrogens with zero attached hydrogens (tertiary/aromatic N) is 2. The number of rotatable bonds is 5. The van der Waals surface area contributed by atoms with E-state index in [-0.39, 0.29) is 28.3 Å². The minimum absolute atomic E-state index is 0.0812. The summed E-state index contributed by atoms with van der Waals surface area (Å²) in [7, 11) is 0. The highest BCUT2D eigenvalue weighted by molar-refractivity contribution is 6.09. The number of ketones is 1. The fourth-order valence-corrected chi connectivity index (χ4v) is 3.29. The van der Waals surface area contributed by atoms with Gasteiger partial charge in [-0.2, -0.15) is 13.2 Å². The highest BCUT2D eigenvalue weighted by Gasteiger charge is 2.39. The first-order valence-corrected chi connectivity index (χ1v) is 9.78. The summed E-state index contributed by atoms with van der Waals surface area (Å²) >= 11 is 0. The number of halogens is 6. The summed E-state index contributed by atoms with van der Waals surface area (Å²) < 4.78 is 81.2. The molecule has 12 heteroatoms. The molecule has 0 unspecified atom stereocenters. The average molecular weight is 493 g/mol. The van der Waals surface area contributed by atoms with Crippen molar-refractivity contribution in [1.82, 2.24) is 9.38 Å². The Morgan fingerprint density at radius 1 is 0.829 bits per heavy atom. The number of amides is 1. The molecule has 2 aromatic carbocycles. The number of anilines is 1. The number of carbonyl (C=O) groups excluding carboxylic acids is 2. The molecule has 180 valence electrons. The summed E-state index contributed by atoms with van der Waals surface area (Å²) in [5.41, 5.74) is 0.617. The second-order valence-corrected chi connectivity index (χ2v) is 7.17. The van der Waals surface area contributed by atoms with E-state index >= 15 is 0 Å². The van der Waals surface area contributed by atoms with E-state index in [4.69, 9.17) is 0 Å². The average Bonchev–Trinajstić information content (AvgIpc) is 3.15. The van der Waals surface area contributed by atoms with Gasteiger partial charge < -0.3 is 10.1 Å². The fraction of sp³-hybridized carbons (Fsp3) is 0.0870. The number of aromatic nitrogens is 2. The van der Waals surface area contributed by atoms with Crippen molar-refractivity contribution < 1.29 is 40.7 Å². The number of ether oxygens (including phenoxy) is 1. The summed E-state index contributed by atoms with van der Waals surface area (Å²) in [6.45, 7) is 0. The standard InChI is InChI=1S/C23H13F6N3O3/c24-22(25,26)21(34)31-20-18(13-6-9-16(10-7-13)35-23(27,28)29)32-12-15(8-11-17(32)30-20)19(33)14-4-2-1-3-5-14/h1-12H,(H,31,34). The lowest BCUT2D eigenvalue weighted by atomic mass is 10.1. The highest BCUT2D eigenvalue weighted by atomic mass is 19.4. The van der Waals surface area contributed by atoms with E-state index in [1.165, 1.54) is 22.7 Å². The van der Waals surface area contributed by atoms with Gasteiger partial charge in [-0.15, -0.1) is 13.2 Å². The van der Waals surface area contributed by atoms with Crippen LogP contribution in [0.2, 0.25) is 0 Å². The molecule has 6 nitrogen and oxygen atoms in total. The molecule has 1 amide bonds. The molecule has 0 aliphatic rings. The zero-order valence-electron chi connectivity index (χ0n) is 17.3. The summed E-state index contributed by atoms with van der Waals surface area (Å²) in [5.74, 6) is -3.74. The molecule has 2 heterocycles. The van der Waals surface area contributed by atoms with Crippen LogP contribution in [0, 0.1) is 0 Å². The van der Waals surface area contributed by atoms with Crippen molar-refractivity contribution in [3.8, 4) is 17.0 Å². The Kier molecular flexibility index (Phi) is 5.97. The lowest BCUT2D eigenvalue weighted by molar-refractivity contribution is -0.274. The lowest BCUT2D eigenvalue weighted by Gasteiger charge is -2.11. The van der Waals surface area contributed by atoms with Crippen molar-refractivity contribution in [2.75, 3.05) is 5.32 Å². The molecule has 2 aromatic heterocycles. The van der Waals surface area contributed by atoms with E-state index in [9.17, 15) is 35.9 Å². The first-order valence-electron chi connectivity index (χ1n) is 9.78. The van der Waals surface area contributed by atoms with Crippen LogP contribution in [-0.2, 0) is 4.79 Å². The molecule has 4 rings (SSSR count). The number of nitrogens with one attached hydrogen (secondary N) is 1. The molecule has 35 heavy (non-hydrogen) atoms. The summed E-state index contributed by atoms with van der Waals surface area (Å²) in [6.07, 6.45) is -8.84. The zero-order chi connectivity index (χ0) is 25.4. The molecule has 0 saturated heterocycles. The van der Waals surface area contributed by atoms with Crippen LogP contribution >= 0.6 is 0 Å². The van der Waals surface area contributed by atoms with Crippen LogP contribution in [-0.4, -0.2) is 33.6 Å². The zero-order valence-corrected chi connectivity index (χ0v) is 17.3. The van der Waals surface area contributed by atoms with E-state index in [2.05, 4.69) is 9.72 Å². The van der Waals surface area contributed by atoms with Crippen molar-refractivity contribution in [3.63, 3.8) is 0 Å². The van der Waals surface area contributed by atoms with Crippen LogP contribution in [0.3, 0.4) is 0 Å². The first-order chi connectivity index (χ1) is 16.4. The minimum Gasteiger partial charge on any atom is -0.406 e. The Morgan fingerprint density at radius 3 is 2.09 bits per heavy atom. The normalized spacial score (nSPS) is 11.9. The van der Waals surface area contributed by atoms with Crippen molar-refractivity contribution in [3.05, 3.63) is 84.1 Å². The summed E-state index contributed by atoms with van der Waals surface area (Å²) in [6, 6.07) is 15.2. The van der Waals surface area contributed by atoms with Crippen LogP contribution in [0.4, 0.5) is 32.2 Å². The molecule has 0 atom stereocenters. The SMILES string of the molecule is O=C(c1ccccc1)c1ccc2nc(NC(=O)C(F)(F)F)c(-c3ccc(OC(F)(F)F)cc3)n2c1. The third-order valence-corrected chi connectivity index (χ3v) is 4.77. The highest BCUT2D eigenvalue weighted by Crippen LogP contribution is 2.33. The van der Waals surface area contributed by atoms with Gasteiger partial charge in [0.1, 0.15) is 11.4 Å². The third kappa shape index (κ3) is 5.26. The Morgan fingerprint density at radius 2 is 1.49 bits per heavy atom. The van der Waals surface area contributed by atoms with Gasteiger partial charge in [-0.05, 0) is 36.4 Å². The number of pyridine rings is 1. The smallest absolute Gasteiger partial charge is 0.406 e.